The largest absolute Gasteiger partial charge is 0.376 e. The van der Waals surface area contributed by atoms with Crippen molar-refractivity contribution in [2.75, 3.05) is 13.7 Å². The first-order valence-corrected chi connectivity index (χ1v) is 6.65. The van der Waals surface area contributed by atoms with E-state index in [2.05, 4.69) is 42.2 Å². The van der Waals surface area contributed by atoms with Gasteiger partial charge in [0.25, 0.3) is 0 Å². The van der Waals surface area contributed by atoms with Crippen LogP contribution in [0.1, 0.15) is 38.3 Å². The molecule has 2 rings (SSSR count). The van der Waals surface area contributed by atoms with E-state index >= 15 is 0 Å². The normalized spacial score (nSPS) is 22.2. The van der Waals surface area contributed by atoms with Crippen molar-refractivity contribution < 1.29 is 4.74 Å². The number of nitrogens with one attached hydrogen (secondary N) is 1. The van der Waals surface area contributed by atoms with Crippen molar-refractivity contribution in [2.45, 2.75) is 45.4 Å². The summed E-state index contributed by atoms with van der Waals surface area (Å²) < 4.78 is 7.93. The van der Waals surface area contributed by atoms with Gasteiger partial charge in [0.2, 0.25) is 0 Å². The molecule has 3 nitrogen and oxygen atoms in total. The fourth-order valence-corrected chi connectivity index (χ4v) is 2.67. The Balaban J connectivity index is 1.99. The zero-order chi connectivity index (χ0) is 12.3. The van der Waals surface area contributed by atoms with E-state index in [1.807, 2.05) is 7.05 Å². The van der Waals surface area contributed by atoms with Gasteiger partial charge in [-0.25, -0.2) is 0 Å². The second-order valence-electron chi connectivity index (χ2n) is 5.29. The Labute approximate surface area is 104 Å². The van der Waals surface area contributed by atoms with E-state index < -0.39 is 0 Å². The molecule has 0 amide bonds. The smallest absolute Gasteiger partial charge is 0.0754 e. The Morgan fingerprint density at radius 2 is 2.35 bits per heavy atom. The Kier molecular flexibility index (Phi) is 4.24. The first kappa shape index (κ1) is 12.7. The second kappa shape index (κ2) is 5.69. The van der Waals surface area contributed by atoms with Crippen LogP contribution in [0.25, 0.3) is 0 Å². The van der Waals surface area contributed by atoms with Gasteiger partial charge in [-0.15, -0.1) is 0 Å². The molecule has 1 aliphatic heterocycles. The molecule has 0 bridgehead atoms. The van der Waals surface area contributed by atoms with Crippen molar-refractivity contribution in [2.24, 2.45) is 5.92 Å². The summed E-state index contributed by atoms with van der Waals surface area (Å²) in [6.07, 6.45) is 7.26. The topological polar surface area (TPSA) is 26.2 Å². The quantitative estimate of drug-likeness (QED) is 0.850. The van der Waals surface area contributed by atoms with Gasteiger partial charge in [0.15, 0.2) is 0 Å². The average Bonchev–Trinajstić information content (AvgIpc) is 2.91. The Morgan fingerprint density at radius 3 is 2.94 bits per heavy atom. The van der Waals surface area contributed by atoms with Crippen molar-refractivity contribution in [3.63, 3.8) is 0 Å². The van der Waals surface area contributed by atoms with Crippen LogP contribution in [0.2, 0.25) is 0 Å². The van der Waals surface area contributed by atoms with Crippen LogP contribution in [0.4, 0.5) is 0 Å². The lowest BCUT2D eigenvalue weighted by Crippen LogP contribution is -2.21. The first-order valence-electron chi connectivity index (χ1n) is 6.65. The summed E-state index contributed by atoms with van der Waals surface area (Å²) in [5, 5.41) is 3.38. The van der Waals surface area contributed by atoms with E-state index in [1.165, 1.54) is 18.4 Å². The molecule has 2 unspecified atom stereocenters. The van der Waals surface area contributed by atoms with Crippen LogP contribution in [0.15, 0.2) is 18.5 Å². The molecular weight excluding hydrogens is 212 g/mol. The molecule has 96 valence electrons. The minimum absolute atomic E-state index is 0.419. The van der Waals surface area contributed by atoms with Crippen LogP contribution in [-0.2, 0) is 11.3 Å². The molecule has 0 aromatic carbocycles. The molecule has 1 saturated heterocycles. The first-order chi connectivity index (χ1) is 8.20. The monoisotopic (exact) mass is 236 g/mol. The summed E-state index contributed by atoms with van der Waals surface area (Å²) in [7, 11) is 2.03. The van der Waals surface area contributed by atoms with Gasteiger partial charge in [-0.05, 0) is 37.4 Å². The van der Waals surface area contributed by atoms with Gasteiger partial charge in [-0.2, -0.15) is 0 Å². The summed E-state index contributed by atoms with van der Waals surface area (Å²) in [6, 6.07) is 2.66. The molecular formula is C14H24N2O. The van der Waals surface area contributed by atoms with Gasteiger partial charge in [0, 0.05) is 31.6 Å². The number of aromatic nitrogens is 1. The minimum atomic E-state index is 0.419. The lowest BCUT2D eigenvalue weighted by Gasteiger charge is -2.19. The van der Waals surface area contributed by atoms with Crippen molar-refractivity contribution in [3.05, 3.63) is 24.0 Å². The molecule has 1 fully saturated rings. The third-order valence-corrected chi connectivity index (χ3v) is 3.55. The molecule has 0 radical (unpaired) electrons. The molecule has 0 spiro atoms. The van der Waals surface area contributed by atoms with Crippen molar-refractivity contribution in [1.82, 2.24) is 9.88 Å². The van der Waals surface area contributed by atoms with Crippen LogP contribution >= 0.6 is 0 Å². The Bertz CT molecular complexity index is 340. The van der Waals surface area contributed by atoms with Gasteiger partial charge in [0.05, 0.1) is 6.10 Å². The van der Waals surface area contributed by atoms with E-state index in [9.17, 15) is 0 Å². The molecule has 1 N–H and O–H groups in total. The molecule has 0 aliphatic carbocycles. The average molecular weight is 236 g/mol. The highest BCUT2D eigenvalue weighted by Crippen LogP contribution is 2.22. The van der Waals surface area contributed by atoms with Gasteiger partial charge in [-0.1, -0.05) is 13.8 Å². The van der Waals surface area contributed by atoms with Crippen molar-refractivity contribution in [1.29, 1.82) is 0 Å². The van der Waals surface area contributed by atoms with Crippen LogP contribution in [0, 0.1) is 5.92 Å². The molecule has 2 heterocycles. The van der Waals surface area contributed by atoms with Gasteiger partial charge in [-0.3, -0.25) is 0 Å². The summed E-state index contributed by atoms with van der Waals surface area (Å²) in [4.78, 5) is 0. The summed E-state index contributed by atoms with van der Waals surface area (Å²) in [5.74, 6) is 0.610. The zero-order valence-electron chi connectivity index (χ0n) is 11.1. The SMILES string of the molecule is CNC(c1ccn(CC2CCCO2)c1)C(C)C. The van der Waals surface area contributed by atoms with Gasteiger partial charge < -0.3 is 14.6 Å². The second-order valence-corrected chi connectivity index (χ2v) is 5.29. The maximum atomic E-state index is 5.66. The number of rotatable bonds is 5. The predicted molar refractivity (Wildman–Crippen MR) is 70.0 cm³/mol. The summed E-state index contributed by atoms with van der Waals surface area (Å²) in [6.45, 7) is 6.43. The molecule has 0 saturated carbocycles. The van der Waals surface area contributed by atoms with E-state index in [0.29, 0.717) is 18.1 Å². The third-order valence-electron chi connectivity index (χ3n) is 3.55. The van der Waals surface area contributed by atoms with Crippen LogP contribution in [0.5, 0.6) is 0 Å². The molecule has 1 aromatic heterocycles. The molecule has 1 aliphatic rings. The van der Waals surface area contributed by atoms with Crippen molar-refractivity contribution >= 4 is 0 Å². The lowest BCUT2D eigenvalue weighted by atomic mass is 9.99. The minimum Gasteiger partial charge on any atom is -0.376 e. The Morgan fingerprint density at radius 1 is 1.53 bits per heavy atom. The number of hydrogen-bond donors (Lipinski definition) is 1. The van der Waals surface area contributed by atoms with Crippen molar-refractivity contribution in [3.8, 4) is 0 Å². The van der Waals surface area contributed by atoms with E-state index in [0.717, 1.165) is 13.2 Å². The number of hydrogen-bond acceptors (Lipinski definition) is 2. The fourth-order valence-electron chi connectivity index (χ4n) is 2.67. The molecule has 3 heteroatoms. The van der Waals surface area contributed by atoms with Gasteiger partial charge >= 0.3 is 0 Å². The number of ether oxygens (including phenoxy) is 1. The summed E-state index contributed by atoms with van der Waals surface area (Å²) in [5.41, 5.74) is 1.38. The van der Waals surface area contributed by atoms with E-state index in [-0.39, 0.29) is 0 Å². The number of nitrogens with zero attached hydrogens (tertiary/aromatic N) is 1. The Hall–Kier alpha value is -0.800. The van der Waals surface area contributed by atoms with Gasteiger partial charge in [0.1, 0.15) is 0 Å². The standard InChI is InChI=1S/C14H24N2O/c1-11(2)14(15-3)12-6-7-16(9-12)10-13-5-4-8-17-13/h6-7,9,11,13-15H,4-5,8,10H2,1-3H3. The lowest BCUT2D eigenvalue weighted by molar-refractivity contribution is 0.0970. The van der Waals surface area contributed by atoms with E-state index in [1.54, 1.807) is 0 Å². The van der Waals surface area contributed by atoms with Crippen LogP contribution in [-0.4, -0.2) is 24.3 Å². The fraction of sp³-hybridized carbons (Fsp3) is 0.714. The maximum absolute atomic E-state index is 5.66. The zero-order valence-corrected chi connectivity index (χ0v) is 11.1. The van der Waals surface area contributed by atoms with Crippen LogP contribution < -0.4 is 5.32 Å². The molecule has 1 aromatic rings. The van der Waals surface area contributed by atoms with E-state index in [4.69, 9.17) is 4.74 Å². The third kappa shape index (κ3) is 3.11. The highest BCUT2D eigenvalue weighted by molar-refractivity contribution is 5.16. The summed E-state index contributed by atoms with van der Waals surface area (Å²) >= 11 is 0. The molecule has 2 atom stereocenters. The van der Waals surface area contributed by atoms with Crippen LogP contribution in [0.3, 0.4) is 0 Å². The maximum Gasteiger partial charge on any atom is 0.0754 e. The highest BCUT2D eigenvalue weighted by atomic mass is 16.5. The predicted octanol–water partition coefficient (Wildman–Crippen LogP) is 2.58. The highest BCUT2D eigenvalue weighted by Gasteiger charge is 2.18. The molecule has 17 heavy (non-hydrogen) atoms.